The third-order valence-electron chi connectivity index (χ3n) is 4.97. The number of carbonyl (C=O) groups is 1. The predicted molar refractivity (Wildman–Crippen MR) is 109 cm³/mol. The summed E-state index contributed by atoms with van der Waals surface area (Å²) in [6, 6.07) is 2.92. The molecule has 1 saturated heterocycles. The van der Waals surface area contributed by atoms with Gasteiger partial charge in [-0.1, -0.05) is 23.7 Å². The fourth-order valence-electron chi connectivity index (χ4n) is 3.65. The first kappa shape index (κ1) is 19.9. The van der Waals surface area contributed by atoms with E-state index in [1.54, 1.807) is 4.57 Å². The molecule has 8 nitrogen and oxygen atoms in total. The Morgan fingerprint density at radius 2 is 2.03 bits per heavy atom. The molecule has 1 amide bonds. The predicted octanol–water partition coefficient (Wildman–Crippen LogP) is 1.35. The second-order valence-electron chi connectivity index (χ2n) is 6.97. The van der Waals surface area contributed by atoms with Gasteiger partial charge in [0.05, 0.1) is 23.0 Å². The van der Waals surface area contributed by atoms with Crippen LogP contribution in [-0.4, -0.2) is 55.3 Å². The highest BCUT2D eigenvalue weighted by molar-refractivity contribution is 7.88. The van der Waals surface area contributed by atoms with Crippen molar-refractivity contribution >= 4 is 37.5 Å². The molecule has 0 bridgehead atoms. The highest BCUT2D eigenvalue weighted by atomic mass is 32.2. The quantitative estimate of drug-likeness (QED) is 0.679. The summed E-state index contributed by atoms with van der Waals surface area (Å²) in [5.74, 6) is 3.39. The normalized spacial score (nSPS) is 20.6. The Morgan fingerprint density at radius 1 is 1.31 bits per heavy atom. The lowest BCUT2D eigenvalue weighted by atomic mass is 10.0. The molecule has 0 spiro atoms. The largest absolute Gasteiger partial charge is 0.486 e. The molecule has 154 valence electrons. The van der Waals surface area contributed by atoms with Crippen LogP contribution in [0.25, 0.3) is 10.2 Å². The molecule has 1 fully saturated rings. The number of terminal acetylenes is 1. The van der Waals surface area contributed by atoms with Crippen LogP contribution in [0.2, 0.25) is 0 Å². The smallest absolute Gasteiger partial charge is 0.266 e. The van der Waals surface area contributed by atoms with Gasteiger partial charge in [0.15, 0.2) is 16.3 Å². The number of thiazole rings is 1. The van der Waals surface area contributed by atoms with Gasteiger partial charge < -0.3 is 14.0 Å². The standard InChI is InChI=1S/C19H21N3O5S2/c1-3-7-21-14-11-15-16(27-10-9-26-15)12-17(14)28-19(21)20-18(23)13-6-4-5-8-22(13)29(2,24)25/h1,11-13H,4-10H2,2H3. The average Bonchev–Trinajstić information content (AvgIpc) is 3.02. The van der Waals surface area contributed by atoms with E-state index in [1.807, 2.05) is 12.1 Å². The first-order chi connectivity index (χ1) is 13.9. The van der Waals surface area contributed by atoms with E-state index < -0.39 is 22.0 Å². The fraction of sp³-hybridized carbons (Fsp3) is 0.474. The average molecular weight is 436 g/mol. The van der Waals surface area contributed by atoms with E-state index in [0.29, 0.717) is 42.5 Å². The number of fused-ring (bicyclic) bond motifs is 2. The molecule has 1 aromatic carbocycles. The number of amides is 1. The molecule has 4 rings (SSSR count). The summed E-state index contributed by atoms with van der Waals surface area (Å²) < 4.78 is 39.3. The van der Waals surface area contributed by atoms with E-state index >= 15 is 0 Å². The second-order valence-corrected chi connectivity index (χ2v) is 9.92. The fourth-order valence-corrected chi connectivity index (χ4v) is 5.82. The Labute approximate surface area is 172 Å². The van der Waals surface area contributed by atoms with Crippen LogP contribution in [0.1, 0.15) is 19.3 Å². The van der Waals surface area contributed by atoms with Crippen molar-refractivity contribution in [2.24, 2.45) is 4.99 Å². The van der Waals surface area contributed by atoms with Crippen molar-refractivity contribution in [2.75, 3.05) is 26.0 Å². The molecule has 0 radical (unpaired) electrons. The first-order valence-corrected chi connectivity index (χ1v) is 12.0. The van der Waals surface area contributed by atoms with Crippen molar-refractivity contribution in [2.45, 2.75) is 31.8 Å². The summed E-state index contributed by atoms with van der Waals surface area (Å²) in [7, 11) is -3.48. The third kappa shape index (κ3) is 3.90. The topological polar surface area (TPSA) is 90.2 Å². The number of carbonyl (C=O) groups excluding carboxylic acids is 1. The molecular weight excluding hydrogens is 414 g/mol. The van der Waals surface area contributed by atoms with Crippen LogP contribution in [0.4, 0.5) is 0 Å². The first-order valence-electron chi connectivity index (χ1n) is 9.30. The van der Waals surface area contributed by atoms with E-state index in [2.05, 4.69) is 10.9 Å². The number of benzene rings is 1. The van der Waals surface area contributed by atoms with E-state index in [-0.39, 0.29) is 6.54 Å². The van der Waals surface area contributed by atoms with Crippen molar-refractivity contribution in [1.29, 1.82) is 0 Å². The Bertz CT molecular complexity index is 1170. The summed E-state index contributed by atoms with van der Waals surface area (Å²) in [6.07, 6.45) is 8.65. The molecule has 29 heavy (non-hydrogen) atoms. The lowest BCUT2D eigenvalue weighted by Gasteiger charge is -2.31. The lowest BCUT2D eigenvalue weighted by molar-refractivity contribution is -0.122. The molecule has 2 aliphatic rings. The van der Waals surface area contributed by atoms with E-state index in [1.165, 1.54) is 15.6 Å². The van der Waals surface area contributed by atoms with Crippen LogP contribution < -0.4 is 14.3 Å². The van der Waals surface area contributed by atoms with Crippen molar-refractivity contribution < 1.29 is 22.7 Å². The van der Waals surface area contributed by atoms with Crippen LogP contribution in [-0.2, 0) is 21.4 Å². The van der Waals surface area contributed by atoms with Gasteiger partial charge in [-0.05, 0) is 12.8 Å². The number of nitrogens with zero attached hydrogens (tertiary/aromatic N) is 3. The van der Waals surface area contributed by atoms with Crippen molar-refractivity contribution in [3.05, 3.63) is 16.9 Å². The molecule has 10 heteroatoms. The Hall–Kier alpha value is -2.35. The minimum absolute atomic E-state index is 0.228. The maximum absolute atomic E-state index is 12.9. The highest BCUT2D eigenvalue weighted by Crippen LogP contribution is 2.35. The SMILES string of the molecule is C#CCn1c(=NC(=O)C2CCCCN2S(C)(=O)=O)sc2cc3c(cc21)OCCO3. The van der Waals surface area contributed by atoms with Crippen LogP contribution in [0.15, 0.2) is 17.1 Å². The zero-order valence-electron chi connectivity index (χ0n) is 16.0. The summed E-state index contributed by atoms with van der Waals surface area (Å²) in [5, 5.41) is 0. The van der Waals surface area contributed by atoms with Gasteiger partial charge in [-0.2, -0.15) is 9.30 Å². The third-order valence-corrected chi connectivity index (χ3v) is 7.30. The molecule has 0 aliphatic carbocycles. The molecule has 2 aliphatic heterocycles. The minimum atomic E-state index is -3.48. The van der Waals surface area contributed by atoms with Gasteiger partial charge in [0.1, 0.15) is 19.3 Å². The van der Waals surface area contributed by atoms with E-state index in [4.69, 9.17) is 15.9 Å². The van der Waals surface area contributed by atoms with Gasteiger partial charge in [0, 0.05) is 18.7 Å². The maximum Gasteiger partial charge on any atom is 0.266 e. The number of ether oxygens (including phenoxy) is 2. The summed E-state index contributed by atoms with van der Waals surface area (Å²) in [4.78, 5) is 17.7. The van der Waals surface area contributed by atoms with E-state index in [0.717, 1.165) is 29.3 Å². The Morgan fingerprint density at radius 3 is 2.72 bits per heavy atom. The molecule has 1 aromatic heterocycles. The molecular formula is C19H21N3O5S2. The van der Waals surface area contributed by atoms with Gasteiger partial charge in [0.2, 0.25) is 10.0 Å². The second kappa shape index (κ2) is 7.82. The van der Waals surface area contributed by atoms with Gasteiger partial charge in [-0.25, -0.2) is 8.42 Å². The molecule has 1 atom stereocenters. The zero-order valence-corrected chi connectivity index (χ0v) is 17.6. The maximum atomic E-state index is 12.9. The van der Waals surface area contributed by atoms with Crippen LogP contribution >= 0.6 is 11.3 Å². The number of rotatable bonds is 3. The van der Waals surface area contributed by atoms with Crippen molar-refractivity contribution in [3.63, 3.8) is 0 Å². The minimum Gasteiger partial charge on any atom is -0.486 e. The molecule has 0 N–H and O–H groups in total. The lowest BCUT2D eigenvalue weighted by Crippen LogP contribution is -2.47. The van der Waals surface area contributed by atoms with Gasteiger partial charge in [-0.15, -0.1) is 6.42 Å². The number of sulfonamides is 1. The van der Waals surface area contributed by atoms with Crippen LogP contribution in [0.5, 0.6) is 11.5 Å². The van der Waals surface area contributed by atoms with Gasteiger partial charge in [0.25, 0.3) is 5.91 Å². The number of aromatic nitrogens is 1. The Balaban J connectivity index is 1.79. The monoisotopic (exact) mass is 435 g/mol. The molecule has 0 saturated carbocycles. The molecule has 3 heterocycles. The van der Waals surface area contributed by atoms with Gasteiger partial charge in [-0.3, -0.25) is 4.79 Å². The number of hydrogen-bond donors (Lipinski definition) is 0. The summed E-state index contributed by atoms with van der Waals surface area (Å²) in [5.41, 5.74) is 0.798. The van der Waals surface area contributed by atoms with Crippen LogP contribution in [0.3, 0.4) is 0 Å². The highest BCUT2D eigenvalue weighted by Gasteiger charge is 2.34. The van der Waals surface area contributed by atoms with Crippen molar-refractivity contribution in [3.8, 4) is 23.8 Å². The van der Waals surface area contributed by atoms with E-state index in [9.17, 15) is 13.2 Å². The zero-order chi connectivity index (χ0) is 20.6. The molecule has 1 unspecified atom stereocenters. The molecule has 2 aromatic rings. The van der Waals surface area contributed by atoms with Crippen molar-refractivity contribution in [1.82, 2.24) is 8.87 Å². The number of piperidine rings is 1. The summed E-state index contributed by atoms with van der Waals surface area (Å²) >= 11 is 1.31. The van der Waals surface area contributed by atoms with Crippen LogP contribution in [0, 0.1) is 12.3 Å². The number of hydrogen-bond acceptors (Lipinski definition) is 6. The summed E-state index contributed by atoms with van der Waals surface area (Å²) in [6.45, 7) is 1.51. The Kier molecular flexibility index (Phi) is 5.38. The van der Waals surface area contributed by atoms with Gasteiger partial charge >= 0.3 is 0 Å².